The lowest BCUT2D eigenvalue weighted by Crippen LogP contribution is -2.32. The fraction of sp³-hybridized carbons (Fsp3) is 0.750. The standard InChI is InChI=1S/C16H31N5.HI/c1-5-6-7-8-11-18-16(17)19-12-9-10-15-13(2)20-21(4)14(15)3;/h5-12H2,1-4H3,(H3,17,18,19);1H. The van der Waals surface area contributed by atoms with Crippen molar-refractivity contribution in [2.75, 3.05) is 13.1 Å². The van der Waals surface area contributed by atoms with E-state index >= 15 is 0 Å². The van der Waals surface area contributed by atoms with Crippen LogP contribution < -0.4 is 11.1 Å². The molecule has 0 radical (unpaired) electrons. The molecular formula is C16H32IN5. The smallest absolute Gasteiger partial charge is 0.188 e. The highest BCUT2D eigenvalue weighted by atomic mass is 127. The van der Waals surface area contributed by atoms with E-state index in [1.165, 1.54) is 30.5 Å². The van der Waals surface area contributed by atoms with Gasteiger partial charge in [-0.15, -0.1) is 24.0 Å². The van der Waals surface area contributed by atoms with Crippen LogP contribution in [0.15, 0.2) is 4.99 Å². The molecule has 0 spiro atoms. The van der Waals surface area contributed by atoms with Gasteiger partial charge < -0.3 is 11.1 Å². The molecule has 22 heavy (non-hydrogen) atoms. The molecule has 0 bridgehead atoms. The zero-order valence-electron chi connectivity index (χ0n) is 14.5. The summed E-state index contributed by atoms with van der Waals surface area (Å²) in [5.74, 6) is 0.575. The minimum absolute atomic E-state index is 0. The molecule has 0 unspecified atom stereocenters. The molecule has 0 aliphatic carbocycles. The van der Waals surface area contributed by atoms with E-state index in [0.717, 1.165) is 38.0 Å². The summed E-state index contributed by atoms with van der Waals surface area (Å²) in [7, 11) is 1.99. The largest absolute Gasteiger partial charge is 0.370 e. The molecule has 128 valence electrons. The van der Waals surface area contributed by atoms with E-state index in [9.17, 15) is 0 Å². The number of unbranched alkanes of at least 4 members (excludes halogenated alkanes) is 3. The predicted octanol–water partition coefficient (Wildman–Crippen LogP) is 3.07. The van der Waals surface area contributed by atoms with Crippen LogP contribution in [0.25, 0.3) is 0 Å². The second-order valence-electron chi connectivity index (χ2n) is 5.63. The number of guanidine groups is 1. The molecule has 0 aliphatic rings. The van der Waals surface area contributed by atoms with Gasteiger partial charge in [0.05, 0.1) is 5.69 Å². The van der Waals surface area contributed by atoms with Gasteiger partial charge in [0.15, 0.2) is 5.96 Å². The molecule has 1 rings (SSSR count). The van der Waals surface area contributed by atoms with Crippen LogP contribution in [0.2, 0.25) is 0 Å². The quantitative estimate of drug-likeness (QED) is 0.279. The van der Waals surface area contributed by atoms with Crippen LogP contribution in [0.4, 0.5) is 0 Å². The highest BCUT2D eigenvalue weighted by Crippen LogP contribution is 2.13. The molecule has 6 heteroatoms. The van der Waals surface area contributed by atoms with Crippen molar-refractivity contribution >= 4 is 29.9 Å². The van der Waals surface area contributed by atoms with Crippen LogP contribution >= 0.6 is 24.0 Å². The summed E-state index contributed by atoms with van der Waals surface area (Å²) in [6.07, 6.45) is 7.00. The van der Waals surface area contributed by atoms with Crippen molar-refractivity contribution in [1.29, 1.82) is 0 Å². The monoisotopic (exact) mass is 421 g/mol. The Bertz CT molecular complexity index is 454. The fourth-order valence-electron chi connectivity index (χ4n) is 2.46. The number of rotatable bonds is 9. The van der Waals surface area contributed by atoms with Gasteiger partial charge in [0, 0.05) is 25.8 Å². The third-order valence-corrected chi connectivity index (χ3v) is 3.86. The average Bonchev–Trinajstić information content (AvgIpc) is 2.69. The molecule has 0 saturated heterocycles. The Morgan fingerprint density at radius 2 is 1.95 bits per heavy atom. The molecule has 0 fully saturated rings. The predicted molar refractivity (Wildman–Crippen MR) is 105 cm³/mol. The molecule has 1 aromatic rings. The molecule has 0 aliphatic heterocycles. The number of nitrogens with one attached hydrogen (secondary N) is 1. The lowest BCUT2D eigenvalue weighted by molar-refractivity contribution is 0.652. The first kappa shape index (κ1) is 21.2. The summed E-state index contributed by atoms with van der Waals surface area (Å²) in [5, 5.41) is 7.61. The van der Waals surface area contributed by atoms with Crippen molar-refractivity contribution in [3.05, 3.63) is 17.0 Å². The van der Waals surface area contributed by atoms with Gasteiger partial charge in [0.1, 0.15) is 0 Å². The Hall–Kier alpha value is -0.790. The van der Waals surface area contributed by atoms with Gasteiger partial charge in [0.25, 0.3) is 0 Å². The first-order chi connectivity index (χ1) is 10.1. The van der Waals surface area contributed by atoms with Crippen molar-refractivity contribution in [2.24, 2.45) is 17.8 Å². The van der Waals surface area contributed by atoms with E-state index in [4.69, 9.17) is 5.73 Å². The van der Waals surface area contributed by atoms with Crippen molar-refractivity contribution < 1.29 is 0 Å². The Kier molecular flexibility index (Phi) is 11.3. The van der Waals surface area contributed by atoms with E-state index in [2.05, 4.69) is 36.2 Å². The number of aromatic nitrogens is 2. The van der Waals surface area contributed by atoms with Crippen molar-refractivity contribution in [2.45, 2.75) is 59.3 Å². The van der Waals surface area contributed by atoms with Gasteiger partial charge in [-0.25, -0.2) is 0 Å². The number of aryl methyl sites for hydroxylation is 2. The highest BCUT2D eigenvalue weighted by molar-refractivity contribution is 14.0. The van der Waals surface area contributed by atoms with Crippen molar-refractivity contribution in [3.63, 3.8) is 0 Å². The number of aliphatic imine (C=N–C) groups is 1. The minimum Gasteiger partial charge on any atom is -0.370 e. The number of hydrogen-bond acceptors (Lipinski definition) is 2. The Morgan fingerprint density at radius 1 is 1.23 bits per heavy atom. The Labute approximate surface area is 152 Å². The van der Waals surface area contributed by atoms with Gasteiger partial charge in [-0.1, -0.05) is 26.2 Å². The van der Waals surface area contributed by atoms with Gasteiger partial charge in [-0.3, -0.25) is 9.67 Å². The van der Waals surface area contributed by atoms with Gasteiger partial charge >= 0.3 is 0 Å². The molecule has 0 aromatic carbocycles. The SMILES string of the molecule is CCCCCCNC(N)=NCCCc1c(C)nn(C)c1C.I. The maximum Gasteiger partial charge on any atom is 0.188 e. The van der Waals surface area contributed by atoms with Crippen LogP contribution in [-0.2, 0) is 13.5 Å². The summed E-state index contributed by atoms with van der Waals surface area (Å²) in [6.45, 7) is 8.09. The van der Waals surface area contributed by atoms with Crippen molar-refractivity contribution in [1.82, 2.24) is 15.1 Å². The lowest BCUT2D eigenvalue weighted by Gasteiger charge is -2.05. The zero-order valence-corrected chi connectivity index (χ0v) is 16.8. The summed E-state index contributed by atoms with van der Waals surface area (Å²) in [5.41, 5.74) is 9.57. The summed E-state index contributed by atoms with van der Waals surface area (Å²) >= 11 is 0. The van der Waals surface area contributed by atoms with Gasteiger partial charge in [0.2, 0.25) is 0 Å². The second kappa shape index (κ2) is 11.7. The van der Waals surface area contributed by atoms with E-state index < -0.39 is 0 Å². The number of nitrogens with two attached hydrogens (primary N) is 1. The summed E-state index contributed by atoms with van der Waals surface area (Å²) < 4.78 is 1.94. The first-order valence-electron chi connectivity index (χ1n) is 8.09. The molecule has 0 amide bonds. The number of nitrogens with zero attached hydrogens (tertiary/aromatic N) is 3. The summed E-state index contributed by atoms with van der Waals surface area (Å²) in [6, 6.07) is 0. The highest BCUT2D eigenvalue weighted by Gasteiger charge is 2.08. The van der Waals surface area contributed by atoms with E-state index in [1.54, 1.807) is 0 Å². The Morgan fingerprint density at radius 3 is 2.55 bits per heavy atom. The maximum atomic E-state index is 5.85. The second-order valence-corrected chi connectivity index (χ2v) is 5.63. The average molecular weight is 421 g/mol. The molecular weight excluding hydrogens is 389 g/mol. The molecule has 0 saturated carbocycles. The van der Waals surface area contributed by atoms with E-state index in [0.29, 0.717) is 5.96 Å². The molecule has 1 heterocycles. The third-order valence-electron chi connectivity index (χ3n) is 3.86. The number of hydrogen-bond donors (Lipinski definition) is 2. The van der Waals surface area contributed by atoms with Crippen molar-refractivity contribution in [3.8, 4) is 0 Å². The first-order valence-corrected chi connectivity index (χ1v) is 8.09. The zero-order chi connectivity index (χ0) is 15.7. The third kappa shape index (κ3) is 7.47. The van der Waals surface area contributed by atoms with Crippen LogP contribution in [-0.4, -0.2) is 28.8 Å². The van der Waals surface area contributed by atoms with Crippen LogP contribution in [0.1, 0.15) is 56.0 Å². The molecule has 1 aromatic heterocycles. The van der Waals surface area contributed by atoms with Gasteiger partial charge in [-0.2, -0.15) is 5.10 Å². The van der Waals surface area contributed by atoms with Gasteiger partial charge in [-0.05, 0) is 38.7 Å². The summed E-state index contributed by atoms with van der Waals surface area (Å²) in [4.78, 5) is 4.38. The van der Waals surface area contributed by atoms with E-state index in [-0.39, 0.29) is 24.0 Å². The lowest BCUT2D eigenvalue weighted by atomic mass is 10.1. The Balaban J connectivity index is 0.00000441. The maximum absolute atomic E-state index is 5.85. The molecule has 5 nitrogen and oxygen atoms in total. The molecule has 0 atom stereocenters. The van der Waals surface area contributed by atoms with Crippen LogP contribution in [0, 0.1) is 13.8 Å². The van der Waals surface area contributed by atoms with Crippen LogP contribution in [0.3, 0.4) is 0 Å². The fourth-order valence-corrected chi connectivity index (χ4v) is 2.46. The number of halogens is 1. The minimum atomic E-state index is 0. The van der Waals surface area contributed by atoms with Crippen LogP contribution in [0.5, 0.6) is 0 Å². The topological polar surface area (TPSA) is 68.2 Å². The normalized spacial score (nSPS) is 11.4. The molecule has 3 N–H and O–H groups in total. The van der Waals surface area contributed by atoms with E-state index in [1.807, 2.05) is 11.7 Å².